The highest BCUT2D eigenvalue weighted by Crippen LogP contribution is 2.17. The molecule has 1 heterocycles. The Hall–Kier alpha value is -1.59. The van der Waals surface area contributed by atoms with Crippen molar-refractivity contribution in [2.75, 3.05) is 33.0 Å². The minimum Gasteiger partial charge on any atom is -0.493 e. The summed E-state index contributed by atoms with van der Waals surface area (Å²) < 4.78 is 10.9. The number of morpholine rings is 1. The molecule has 1 amide bonds. The number of carbonyl (C=O) groups excluding carboxylic acids is 1. The second kappa shape index (κ2) is 7.43. The summed E-state index contributed by atoms with van der Waals surface area (Å²) in [7, 11) is 0. The third kappa shape index (κ3) is 4.19. The number of hydrogen-bond donors (Lipinski definition) is 1. The van der Waals surface area contributed by atoms with Crippen molar-refractivity contribution in [3.05, 3.63) is 29.3 Å². The van der Waals surface area contributed by atoms with Crippen LogP contribution in [0.5, 0.6) is 5.75 Å². The molecule has 1 fully saturated rings. The molecule has 0 aromatic heterocycles. The van der Waals surface area contributed by atoms with Gasteiger partial charge in [0.15, 0.2) is 0 Å². The van der Waals surface area contributed by atoms with Crippen LogP contribution in [-0.4, -0.2) is 54.9 Å². The van der Waals surface area contributed by atoms with E-state index in [0.717, 1.165) is 5.75 Å². The Labute approximate surface area is 125 Å². The van der Waals surface area contributed by atoms with Crippen LogP contribution in [0.2, 0.25) is 0 Å². The van der Waals surface area contributed by atoms with Gasteiger partial charge in [-0.15, -0.1) is 0 Å². The Morgan fingerprint density at radius 3 is 2.95 bits per heavy atom. The molecular weight excluding hydrogens is 270 g/mol. The van der Waals surface area contributed by atoms with E-state index in [1.165, 1.54) is 11.1 Å². The lowest BCUT2D eigenvalue weighted by Crippen LogP contribution is -2.50. The molecule has 0 radical (unpaired) electrons. The van der Waals surface area contributed by atoms with Crippen LogP contribution in [-0.2, 0) is 9.53 Å². The number of aliphatic hydroxyl groups excluding tert-OH is 1. The van der Waals surface area contributed by atoms with E-state index in [0.29, 0.717) is 32.8 Å². The molecule has 0 bridgehead atoms. The first-order valence-corrected chi connectivity index (χ1v) is 7.30. The first-order valence-electron chi connectivity index (χ1n) is 7.30. The summed E-state index contributed by atoms with van der Waals surface area (Å²) in [6, 6.07) is 5.67. The maximum absolute atomic E-state index is 12.2. The molecule has 5 heteroatoms. The Kier molecular flexibility index (Phi) is 5.59. The second-order valence-corrected chi connectivity index (χ2v) is 5.34. The third-order valence-corrected chi connectivity index (χ3v) is 3.82. The molecule has 1 unspecified atom stereocenters. The lowest BCUT2D eigenvalue weighted by molar-refractivity contribution is -0.142. The van der Waals surface area contributed by atoms with Gasteiger partial charge in [-0.1, -0.05) is 6.07 Å². The highest BCUT2D eigenvalue weighted by atomic mass is 16.5. The summed E-state index contributed by atoms with van der Waals surface area (Å²) in [5.74, 6) is 0.785. The summed E-state index contributed by atoms with van der Waals surface area (Å²) in [5, 5.41) is 9.27. The van der Waals surface area contributed by atoms with Crippen molar-refractivity contribution < 1.29 is 19.4 Å². The molecule has 1 aliphatic heterocycles. The lowest BCUT2D eigenvalue weighted by Gasteiger charge is -2.34. The normalized spacial score (nSPS) is 18.6. The van der Waals surface area contributed by atoms with Gasteiger partial charge in [-0.05, 0) is 37.1 Å². The largest absolute Gasteiger partial charge is 0.493 e. The molecule has 0 aliphatic carbocycles. The Morgan fingerprint density at radius 1 is 1.43 bits per heavy atom. The van der Waals surface area contributed by atoms with Gasteiger partial charge in [0, 0.05) is 6.54 Å². The molecule has 1 aliphatic rings. The number of aliphatic hydroxyl groups is 1. The maximum Gasteiger partial charge on any atom is 0.226 e. The molecular formula is C16H23NO4. The molecule has 1 aromatic carbocycles. The summed E-state index contributed by atoms with van der Waals surface area (Å²) in [6.45, 7) is 5.83. The van der Waals surface area contributed by atoms with Gasteiger partial charge in [0.05, 0.1) is 38.9 Å². The van der Waals surface area contributed by atoms with Gasteiger partial charge >= 0.3 is 0 Å². The van der Waals surface area contributed by atoms with Gasteiger partial charge in [-0.25, -0.2) is 0 Å². The number of carbonyl (C=O) groups is 1. The van der Waals surface area contributed by atoms with Crippen molar-refractivity contribution in [3.63, 3.8) is 0 Å². The lowest BCUT2D eigenvalue weighted by atomic mass is 10.1. The molecule has 21 heavy (non-hydrogen) atoms. The molecule has 5 nitrogen and oxygen atoms in total. The summed E-state index contributed by atoms with van der Waals surface area (Å²) in [4.78, 5) is 13.8. The van der Waals surface area contributed by atoms with E-state index in [9.17, 15) is 9.90 Å². The molecule has 0 spiro atoms. The second-order valence-electron chi connectivity index (χ2n) is 5.34. The van der Waals surface area contributed by atoms with Crippen molar-refractivity contribution in [3.8, 4) is 5.75 Å². The number of rotatable bonds is 5. The average molecular weight is 293 g/mol. The number of nitrogens with zero attached hydrogens (tertiary/aromatic N) is 1. The fourth-order valence-electron chi connectivity index (χ4n) is 2.34. The zero-order valence-corrected chi connectivity index (χ0v) is 12.7. The van der Waals surface area contributed by atoms with E-state index in [-0.39, 0.29) is 18.6 Å². The Bertz CT molecular complexity index is 489. The van der Waals surface area contributed by atoms with Gasteiger partial charge in [0.2, 0.25) is 5.91 Å². The molecule has 2 rings (SSSR count). The van der Waals surface area contributed by atoms with E-state index in [1.54, 1.807) is 4.90 Å². The van der Waals surface area contributed by atoms with Crippen molar-refractivity contribution >= 4 is 5.91 Å². The standard InChI is InChI=1S/C16H23NO4/c1-12-3-4-15(9-13(12)2)21-7-5-16(19)17-6-8-20-11-14(17)10-18/h3-4,9,14,18H,5-8,10-11H2,1-2H3. The minimum atomic E-state index is -0.229. The predicted molar refractivity (Wildman–Crippen MR) is 79.4 cm³/mol. The van der Waals surface area contributed by atoms with E-state index < -0.39 is 0 Å². The van der Waals surface area contributed by atoms with Gasteiger partial charge in [0.25, 0.3) is 0 Å². The van der Waals surface area contributed by atoms with E-state index in [4.69, 9.17) is 9.47 Å². The van der Waals surface area contributed by atoms with Crippen LogP contribution in [0, 0.1) is 13.8 Å². The summed E-state index contributed by atoms with van der Waals surface area (Å²) in [6.07, 6.45) is 0.309. The van der Waals surface area contributed by atoms with Gasteiger partial charge in [0.1, 0.15) is 5.75 Å². The van der Waals surface area contributed by atoms with Gasteiger partial charge < -0.3 is 19.5 Å². The molecule has 116 valence electrons. The third-order valence-electron chi connectivity index (χ3n) is 3.82. The van der Waals surface area contributed by atoms with Crippen LogP contribution >= 0.6 is 0 Å². The smallest absolute Gasteiger partial charge is 0.226 e. The van der Waals surface area contributed by atoms with Crippen LogP contribution in [0.4, 0.5) is 0 Å². The number of aryl methyl sites for hydroxylation is 2. The monoisotopic (exact) mass is 293 g/mol. The van der Waals surface area contributed by atoms with Crippen LogP contribution < -0.4 is 4.74 Å². The fraction of sp³-hybridized carbons (Fsp3) is 0.562. The van der Waals surface area contributed by atoms with E-state index in [1.807, 2.05) is 25.1 Å². The highest BCUT2D eigenvalue weighted by molar-refractivity contribution is 5.76. The zero-order chi connectivity index (χ0) is 15.2. The van der Waals surface area contributed by atoms with Gasteiger partial charge in [-0.3, -0.25) is 4.79 Å². The average Bonchev–Trinajstić information content (AvgIpc) is 2.50. The van der Waals surface area contributed by atoms with Crippen LogP contribution in [0.1, 0.15) is 17.5 Å². The first-order chi connectivity index (χ1) is 10.1. The molecule has 0 saturated carbocycles. The van der Waals surface area contributed by atoms with Crippen molar-refractivity contribution in [1.29, 1.82) is 0 Å². The predicted octanol–water partition coefficient (Wildman–Crippen LogP) is 1.29. The fourth-order valence-corrected chi connectivity index (χ4v) is 2.34. The first kappa shape index (κ1) is 15.8. The quantitative estimate of drug-likeness (QED) is 0.889. The van der Waals surface area contributed by atoms with Crippen LogP contribution in [0.3, 0.4) is 0 Å². The van der Waals surface area contributed by atoms with Crippen molar-refractivity contribution in [2.24, 2.45) is 0 Å². The number of hydrogen-bond acceptors (Lipinski definition) is 4. The Balaban J connectivity index is 1.82. The summed E-state index contributed by atoms with van der Waals surface area (Å²) in [5.41, 5.74) is 2.39. The highest BCUT2D eigenvalue weighted by Gasteiger charge is 2.26. The topological polar surface area (TPSA) is 59.0 Å². The van der Waals surface area contributed by atoms with Crippen LogP contribution in [0.15, 0.2) is 18.2 Å². The maximum atomic E-state index is 12.2. The van der Waals surface area contributed by atoms with Gasteiger partial charge in [-0.2, -0.15) is 0 Å². The number of amides is 1. The minimum absolute atomic E-state index is 0.00110. The summed E-state index contributed by atoms with van der Waals surface area (Å²) >= 11 is 0. The van der Waals surface area contributed by atoms with Crippen molar-refractivity contribution in [2.45, 2.75) is 26.3 Å². The number of ether oxygens (including phenoxy) is 2. The van der Waals surface area contributed by atoms with E-state index in [2.05, 4.69) is 6.92 Å². The zero-order valence-electron chi connectivity index (χ0n) is 12.7. The Morgan fingerprint density at radius 2 is 2.24 bits per heavy atom. The molecule has 1 aromatic rings. The molecule has 1 atom stereocenters. The SMILES string of the molecule is Cc1ccc(OCCC(=O)N2CCOCC2CO)cc1C. The number of benzene rings is 1. The molecule has 1 N–H and O–H groups in total. The molecule has 1 saturated heterocycles. The van der Waals surface area contributed by atoms with Crippen LogP contribution in [0.25, 0.3) is 0 Å². The van der Waals surface area contributed by atoms with E-state index >= 15 is 0 Å². The van der Waals surface area contributed by atoms with Crippen molar-refractivity contribution in [1.82, 2.24) is 4.90 Å².